The predicted octanol–water partition coefficient (Wildman–Crippen LogP) is 0.0525. The van der Waals surface area contributed by atoms with E-state index in [-0.39, 0.29) is 12.0 Å². The molecule has 1 atom stereocenters. The molecule has 0 spiro atoms. The van der Waals surface area contributed by atoms with E-state index < -0.39 is 0 Å². The molecule has 6 heteroatoms. The van der Waals surface area contributed by atoms with E-state index in [1.165, 1.54) is 0 Å². The van der Waals surface area contributed by atoms with Crippen LogP contribution in [0.3, 0.4) is 0 Å². The van der Waals surface area contributed by atoms with Crippen molar-refractivity contribution >= 4 is 11.4 Å². The average molecular weight is 260 g/mol. The number of carbonyl (C=O) groups excluding carboxylic acids is 1. The highest BCUT2D eigenvalue weighted by molar-refractivity contribution is 5.93. The van der Waals surface area contributed by atoms with Crippen LogP contribution in [0.25, 0.3) is 5.52 Å². The van der Waals surface area contributed by atoms with Gasteiger partial charge in [-0.1, -0.05) is 6.07 Å². The van der Waals surface area contributed by atoms with E-state index in [0.717, 1.165) is 18.6 Å². The Morgan fingerprint density at radius 3 is 3.32 bits per heavy atom. The molecule has 2 N–H and O–H groups in total. The fourth-order valence-corrected chi connectivity index (χ4v) is 2.17. The normalized spacial score (nSPS) is 19.5. The molecule has 3 heterocycles. The number of hydrogen-bond acceptors (Lipinski definition) is 4. The number of aromatic nitrogens is 2. The second-order valence-electron chi connectivity index (χ2n) is 4.49. The average Bonchev–Trinajstić information content (AvgIpc) is 2.94. The van der Waals surface area contributed by atoms with Gasteiger partial charge >= 0.3 is 0 Å². The molecule has 1 saturated heterocycles. The SMILES string of the molecule is O=C(NC[C@@H]1CNCCO1)c1cccc2ccnn12. The van der Waals surface area contributed by atoms with E-state index >= 15 is 0 Å². The Labute approximate surface area is 110 Å². The van der Waals surface area contributed by atoms with E-state index in [9.17, 15) is 4.79 Å². The van der Waals surface area contributed by atoms with Gasteiger partial charge in [0.1, 0.15) is 5.69 Å². The van der Waals surface area contributed by atoms with Crippen molar-refractivity contribution in [3.63, 3.8) is 0 Å². The first-order valence-corrected chi connectivity index (χ1v) is 6.38. The highest BCUT2D eigenvalue weighted by atomic mass is 16.5. The van der Waals surface area contributed by atoms with Gasteiger partial charge in [0.25, 0.3) is 5.91 Å². The number of ether oxygens (including phenoxy) is 1. The zero-order valence-corrected chi connectivity index (χ0v) is 10.5. The van der Waals surface area contributed by atoms with Crippen LogP contribution in [0.5, 0.6) is 0 Å². The van der Waals surface area contributed by atoms with Crippen LogP contribution >= 0.6 is 0 Å². The van der Waals surface area contributed by atoms with Gasteiger partial charge in [-0.2, -0.15) is 5.10 Å². The van der Waals surface area contributed by atoms with Crippen molar-refractivity contribution in [2.24, 2.45) is 0 Å². The Bertz CT molecular complexity index is 575. The van der Waals surface area contributed by atoms with Gasteiger partial charge in [-0.15, -0.1) is 0 Å². The lowest BCUT2D eigenvalue weighted by Gasteiger charge is -2.23. The summed E-state index contributed by atoms with van der Waals surface area (Å²) in [6.45, 7) is 2.84. The molecule has 1 fully saturated rings. The van der Waals surface area contributed by atoms with Gasteiger partial charge in [0.05, 0.1) is 24.4 Å². The molecule has 1 aliphatic rings. The second-order valence-corrected chi connectivity index (χ2v) is 4.49. The molecule has 0 unspecified atom stereocenters. The van der Waals surface area contributed by atoms with E-state index in [0.29, 0.717) is 18.8 Å². The van der Waals surface area contributed by atoms with Gasteiger partial charge in [0.2, 0.25) is 0 Å². The molecule has 6 nitrogen and oxygen atoms in total. The maximum atomic E-state index is 12.2. The third-order valence-electron chi connectivity index (χ3n) is 3.15. The number of hydrogen-bond donors (Lipinski definition) is 2. The summed E-state index contributed by atoms with van der Waals surface area (Å²) in [5.41, 5.74) is 1.44. The van der Waals surface area contributed by atoms with Gasteiger partial charge in [0, 0.05) is 19.6 Å². The topological polar surface area (TPSA) is 67.7 Å². The zero-order chi connectivity index (χ0) is 13.1. The summed E-state index contributed by atoms with van der Waals surface area (Å²) in [6, 6.07) is 7.39. The zero-order valence-electron chi connectivity index (χ0n) is 10.5. The summed E-state index contributed by atoms with van der Waals surface area (Å²) in [5.74, 6) is -0.136. The molecule has 0 aromatic carbocycles. The van der Waals surface area contributed by atoms with Crippen molar-refractivity contribution in [3.05, 3.63) is 36.2 Å². The maximum absolute atomic E-state index is 12.2. The number of nitrogens with one attached hydrogen (secondary N) is 2. The number of pyridine rings is 1. The standard InChI is InChI=1S/C13H16N4O2/c18-13(15-9-11-8-14-6-7-19-11)12-3-1-2-10-4-5-16-17(10)12/h1-5,11,14H,6-9H2,(H,15,18)/t11-/m0/s1. The number of nitrogens with zero attached hydrogens (tertiary/aromatic N) is 2. The van der Waals surface area contributed by atoms with Gasteiger partial charge in [-0.25, -0.2) is 4.52 Å². The minimum absolute atomic E-state index is 0.0366. The first-order chi connectivity index (χ1) is 9.34. The molecule has 1 aliphatic heterocycles. The maximum Gasteiger partial charge on any atom is 0.270 e. The van der Waals surface area contributed by atoms with Crippen LogP contribution in [0, 0.1) is 0 Å². The summed E-state index contributed by atoms with van der Waals surface area (Å²) in [4.78, 5) is 12.2. The van der Waals surface area contributed by atoms with Crippen molar-refractivity contribution in [3.8, 4) is 0 Å². The number of morpholine rings is 1. The molecule has 2 aromatic heterocycles. The van der Waals surface area contributed by atoms with Crippen molar-refractivity contribution < 1.29 is 9.53 Å². The van der Waals surface area contributed by atoms with Crippen LogP contribution in [0.1, 0.15) is 10.5 Å². The third-order valence-corrected chi connectivity index (χ3v) is 3.15. The molecule has 1 amide bonds. The Morgan fingerprint density at radius 1 is 1.53 bits per heavy atom. The largest absolute Gasteiger partial charge is 0.374 e. The molecule has 0 bridgehead atoms. The summed E-state index contributed by atoms with van der Waals surface area (Å²) in [6.07, 6.45) is 1.72. The van der Waals surface area contributed by atoms with Crippen molar-refractivity contribution in [1.82, 2.24) is 20.2 Å². The number of rotatable bonds is 3. The second kappa shape index (κ2) is 5.38. The molecule has 0 radical (unpaired) electrons. The lowest BCUT2D eigenvalue weighted by molar-refractivity contribution is 0.0286. The predicted molar refractivity (Wildman–Crippen MR) is 70.1 cm³/mol. The summed E-state index contributed by atoms with van der Waals surface area (Å²) < 4.78 is 7.17. The fourth-order valence-electron chi connectivity index (χ4n) is 2.17. The quantitative estimate of drug-likeness (QED) is 0.818. The third kappa shape index (κ3) is 2.59. The molecular formula is C13H16N4O2. The number of carbonyl (C=O) groups is 1. The number of fused-ring (bicyclic) bond motifs is 1. The van der Waals surface area contributed by atoms with Crippen LogP contribution in [0.4, 0.5) is 0 Å². The van der Waals surface area contributed by atoms with Gasteiger partial charge < -0.3 is 15.4 Å². The van der Waals surface area contributed by atoms with Crippen LogP contribution in [-0.2, 0) is 4.74 Å². The number of amides is 1. The Hall–Kier alpha value is -1.92. The highest BCUT2D eigenvalue weighted by Crippen LogP contribution is 2.06. The minimum Gasteiger partial charge on any atom is -0.374 e. The van der Waals surface area contributed by atoms with E-state index in [1.54, 1.807) is 16.8 Å². The summed E-state index contributed by atoms with van der Waals surface area (Å²) in [5, 5.41) is 10.3. The van der Waals surface area contributed by atoms with E-state index in [4.69, 9.17) is 4.74 Å². The monoisotopic (exact) mass is 260 g/mol. The minimum atomic E-state index is -0.136. The van der Waals surface area contributed by atoms with Crippen LogP contribution in [-0.4, -0.2) is 47.9 Å². The summed E-state index contributed by atoms with van der Waals surface area (Å²) in [7, 11) is 0. The lowest BCUT2D eigenvalue weighted by atomic mass is 10.2. The van der Waals surface area contributed by atoms with Crippen LogP contribution in [0.15, 0.2) is 30.5 Å². The molecule has 0 aliphatic carbocycles. The molecule has 19 heavy (non-hydrogen) atoms. The van der Waals surface area contributed by atoms with Crippen molar-refractivity contribution in [2.45, 2.75) is 6.10 Å². The van der Waals surface area contributed by atoms with E-state index in [1.807, 2.05) is 18.2 Å². The Morgan fingerprint density at radius 2 is 2.47 bits per heavy atom. The van der Waals surface area contributed by atoms with E-state index in [2.05, 4.69) is 15.7 Å². The first-order valence-electron chi connectivity index (χ1n) is 6.38. The Balaban J connectivity index is 1.68. The molecular weight excluding hydrogens is 244 g/mol. The highest BCUT2D eigenvalue weighted by Gasteiger charge is 2.16. The summed E-state index contributed by atoms with van der Waals surface area (Å²) >= 11 is 0. The van der Waals surface area contributed by atoms with Crippen LogP contribution in [0.2, 0.25) is 0 Å². The Kier molecular flexibility index (Phi) is 3.43. The first kappa shape index (κ1) is 12.1. The van der Waals surface area contributed by atoms with Gasteiger partial charge in [-0.3, -0.25) is 4.79 Å². The van der Waals surface area contributed by atoms with Crippen LogP contribution < -0.4 is 10.6 Å². The molecule has 3 rings (SSSR count). The lowest BCUT2D eigenvalue weighted by Crippen LogP contribution is -2.45. The molecule has 2 aromatic rings. The smallest absolute Gasteiger partial charge is 0.270 e. The van der Waals surface area contributed by atoms with Gasteiger partial charge in [-0.05, 0) is 18.2 Å². The fraction of sp³-hybridized carbons (Fsp3) is 0.385. The van der Waals surface area contributed by atoms with Crippen molar-refractivity contribution in [1.29, 1.82) is 0 Å². The van der Waals surface area contributed by atoms with Gasteiger partial charge in [0.15, 0.2) is 0 Å². The molecule has 100 valence electrons. The van der Waals surface area contributed by atoms with Crippen molar-refractivity contribution in [2.75, 3.05) is 26.2 Å². The molecule has 0 saturated carbocycles.